The summed E-state index contributed by atoms with van der Waals surface area (Å²) >= 11 is 0. The van der Waals surface area contributed by atoms with E-state index in [1.165, 1.54) is 28.5 Å². The predicted molar refractivity (Wildman–Crippen MR) is 146 cm³/mol. The van der Waals surface area contributed by atoms with Crippen LogP contribution in [-0.4, -0.2) is 23.7 Å². The van der Waals surface area contributed by atoms with Crippen molar-refractivity contribution < 1.29 is 19.0 Å². The third-order valence-electron chi connectivity index (χ3n) is 7.23. The third kappa shape index (κ3) is 5.77. The van der Waals surface area contributed by atoms with Crippen molar-refractivity contribution in [3.05, 3.63) is 102 Å². The van der Waals surface area contributed by atoms with Crippen molar-refractivity contribution in [3.8, 4) is 5.75 Å². The molecule has 1 aliphatic rings. The van der Waals surface area contributed by atoms with Crippen LogP contribution in [0, 0.1) is 5.82 Å². The van der Waals surface area contributed by atoms with E-state index in [0.717, 1.165) is 36.4 Å². The van der Waals surface area contributed by atoms with Gasteiger partial charge in [0.2, 0.25) is 0 Å². The Morgan fingerprint density at radius 1 is 1.05 bits per heavy atom. The van der Waals surface area contributed by atoms with Crippen LogP contribution in [0.15, 0.2) is 84.9 Å². The van der Waals surface area contributed by atoms with E-state index in [-0.39, 0.29) is 18.3 Å². The Bertz CT molecular complexity index is 1400. The van der Waals surface area contributed by atoms with Crippen molar-refractivity contribution in [2.24, 2.45) is 0 Å². The van der Waals surface area contributed by atoms with Gasteiger partial charge in [0.1, 0.15) is 17.7 Å². The summed E-state index contributed by atoms with van der Waals surface area (Å²) in [4.78, 5) is 13.1. The molecule has 1 heterocycles. The van der Waals surface area contributed by atoms with Crippen molar-refractivity contribution in [1.82, 2.24) is 0 Å². The van der Waals surface area contributed by atoms with Gasteiger partial charge < -0.3 is 14.7 Å². The van der Waals surface area contributed by atoms with Gasteiger partial charge in [-0.3, -0.25) is 4.79 Å². The fourth-order valence-electron chi connectivity index (χ4n) is 5.37. The van der Waals surface area contributed by atoms with Crippen LogP contribution >= 0.6 is 0 Å². The van der Waals surface area contributed by atoms with Gasteiger partial charge >= 0.3 is 5.97 Å². The molecule has 0 amide bonds. The summed E-state index contributed by atoms with van der Waals surface area (Å²) in [6, 6.07) is 27.7. The molecule has 37 heavy (non-hydrogen) atoms. The van der Waals surface area contributed by atoms with Crippen LogP contribution in [0.3, 0.4) is 0 Å². The van der Waals surface area contributed by atoms with Gasteiger partial charge in [0.15, 0.2) is 0 Å². The number of fused-ring (bicyclic) bond motifs is 2. The Kier molecular flexibility index (Phi) is 7.40. The number of aryl methyl sites for hydroxylation is 1. The largest absolute Gasteiger partial charge is 0.486 e. The van der Waals surface area contributed by atoms with Crippen LogP contribution in [0.4, 0.5) is 15.8 Å². The van der Waals surface area contributed by atoms with Gasteiger partial charge in [-0.2, -0.15) is 0 Å². The molecule has 0 spiro atoms. The van der Waals surface area contributed by atoms with Crippen LogP contribution < -0.4 is 9.64 Å². The first-order valence-corrected chi connectivity index (χ1v) is 13.0. The van der Waals surface area contributed by atoms with Crippen molar-refractivity contribution in [3.63, 3.8) is 0 Å². The van der Waals surface area contributed by atoms with Gasteiger partial charge in [0, 0.05) is 12.1 Å². The summed E-state index contributed by atoms with van der Waals surface area (Å²) in [5, 5.41) is 11.6. The van der Waals surface area contributed by atoms with Crippen LogP contribution in [0.25, 0.3) is 10.8 Å². The number of hydrogen-bond acceptors (Lipinski definition) is 3. The fraction of sp³-hybridized carbons (Fsp3) is 0.281. The molecule has 5 rings (SSSR count). The SMILES string of the molecule is C[C@@H](CCCC1CN(c2cc(F)cc(CCC(=O)O)c2)c2ccccc2O1)c1cccc2ccccc12. The first-order chi connectivity index (χ1) is 18.0. The zero-order valence-electron chi connectivity index (χ0n) is 21.1. The molecule has 1 unspecified atom stereocenters. The van der Waals surface area contributed by atoms with Crippen molar-refractivity contribution >= 4 is 28.1 Å². The number of carboxylic acids is 1. The molecule has 4 aromatic rings. The second-order valence-electron chi connectivity index (χ2n) is 9.93. The fourth-order valence-corrected chi connectivity index (χ4v) is 5.37. The van der Waals surface area contributed by atoms with Crippen molar-refractivity contribution in [2.45, 2.75) is 51.0 Å². The first-order valence-electron chi connectivity index (χ1n) is 13.0. The molecule has 0 saturated carbocycles. The van der Waals surface area contributed by atoms with Gasteiger partial charge in [0.25, 0.3) is 0 Å². The van der Waals surface area contributed by atoms with Gasteiger partial charge in [-0.25, -0.2) is 4.39 Å². The molecule has 0 fully saturated rings. The molecule has 5 heteroatoms. The Morgan fingerprint density at radius 2 is 1.84 bits per heavy atom. The second-order valence-corrected chi connectivity index (χ2v) is 9.93. The zero-order chi connectivity index (χ0) is 25.8. The van der Waals surface area contributed by atoms with Crippen LogP contribution in [0.5, 0.6) is 5.75 Å². The van der Waals surface area contributed by atoms with Gasteiger partial charge in [-0.1, -0.05) is 61.5 Å². The predicted octanol–water partition coefficient (Wildman–Crippen LogP) is 7.87. The number of aliphatic carboxylic acids is 1. The Hall–Kier alpha value is -3.86. The quantitative estimate of drug-likeness (QED) is 0.256. The minimum Gasteiger partial charge on any atom is -0.486 e. The smallest absolute Gasteiger partial charge is 0.303 e. The molecular weight excluding hydrogens is 465 g/mol. The molecule has 2 atom stereocenters. The number of rotatable bonds is 9. The van der Waals surface area contributed by atoms with Crippen LogP contribution in [-0.2, 0) is 11.2 Å². The minimum atomic E-state index is -0.889. The highest BCUT2D eigenvalue weighted by atomic mass is 19.1. The van der Waals surface area contributed by atoms with E-state index in [0.29, 0.717) is 24.4 Å². The lowest BCUT2D eigenvalue weighted by atomic mass is 9.90. The highest BCUT2D eigenvalue weighted by molar-refractivity contribution is 5.86. The highest BCUT2D eigenvalue weighted by Gasteiger charge is 2.27. The maximum absolute atomic E-state index is 14.5. The van der Waals surface area contributed by atoms with E-state index < -0.39 is 5.97 Å². The van der Waals surface area contributed by atoms with Crippen molar-refractivity contribution in [2.75, 3.05) is 11.4 Å². The maximum atomic E-state index is 14.5. The van der Waals surface area contributed by atoms with E-state index in [1.807, 2.05) is 30.3 Å². The number of halogens is 1. The Balaban J connectivity index is 1.30. The molecule has 1 aliphatic heterocycles. The molecule has 190 valence electrons. The number of hydrogen-bond donors (Lipinski definition) is 1. The number of anilines is 2. The summed E-state index contributed by atoms with van der Waals surface area (Å²) in [7, 11) is 0. The lowest BCUT2D eigenvalue weighted by Gasteiger charge is -2.36. The molecule has 0 bridgehead atoms. The molecule has 0 aromatic heterocycles. The molecule has 0 aliphatic carbocycles. The standard InChI is InChI=1S/C32H32FNO3/c1-22(28-13-7-10-24-9-2-3-12-29(24)28)8-6-11-27-21-34(30-14-4-5-15-31(30)37-27)26-19-23(16-17-32(35)36)18-25(33)20-26/h2-5,7,9-10,12-15,18-20,22,27H,6,8,11,16-17,21H2,1H3,(H,35,36)/t22-,27?/m0/s1. The van der Waals surface area contributed by atoms with E-state index in [2.05, 4.69) is 54.3 Å². The monoisotopic (exact) mass is 497 g/mol. The zero-order valence-corrected chi connectivity index (χ0v) is 21.1. The number of ether oxygens (including phenoxy) is 1. The number of nitrogens with zero attached hydrogens (tertiary/aromatic N) is 1. The first kappa shape index (κ1) is 24.8. The van der Waals surface area contributed by atoms with Crippen LogP contribution in [0.2, 0.25) is 0 Å². The average molecular weight is 498 g/mol. The summed E-state index contributed by atoms with van der Waals surface area (Å²) in [6.07, 6.45) is 3.19. The number of benzene rings is 4. The summed E-state index contributed by atoms with van der Waals surface area (Å²) in [6.45, 7) is 2.90. The summed E-state index contributed by atoms with van der Waals surface area (Å²) in [5.74, 6) is -0.0297. The molecular formula is C32H32FNO3. The highest BCUT2D eigenvalue weighted by Crippen LogP contribution is 2.40. The molecule has 0 radical (unpaired) electrons. The number of para-hydroxylation sites is 2. The van der Waals surface area contributed by atoms with Crippen molar-refractivity contribution in [1.29, 1.82) is 0 Å². The van der Waals surface area contributed by atoms with E-state index in [4.69, 9.17) is 9.84 Å². The normalized spacial score (nSPS) is 15.7. The second kappa shape index (κ2) is 11.0. The topological polar surface area (TPSA) is 49.8 Å². The third-order valence-corrected chi connectivity index (χ3v) is 7.23. The number of carbonyl (C=O) groups is 1. The molecule has 4 aromatic carbocycles. The van der Waals surface area contributed by atoms with Gasteiger partial charge in [0.05, 0.1) is 12.2 Å². The molecule has 1 N–H and O–H groups in total. The lowest BCUT2D eigenvalue weighted by Crippen LogP contribution is -2.37. The number of carboxylic acid groups (broad SMARTS) is 1. The average Bonchev–Trinajstić information content (AvgIpc) is 2.90. The summed E-state index contributed by atoms with van der Waals surface area (Å²) in [5.41, 5.74) is 3.69. The molecule has 0 saturated heterocycles. The van der Waals surface area contributed by atoms with E-state index in [9.17, 15) is 9.18 Å². The Labute approximate surface area is 217 Å². The van der Waals surface area contributed by atoms with E-state index >= 15 is 0 Å². The Morgan fingerprint density at radius 3 is 2.70 bits per heavy atom. The summed E-state index contributed by atoms with van der Waals surface area (Å²) < 4.78 is 20.9. The van der Waals surface area contributed by atoms with Gasteiger partial charge in [-0.15, -0.1) is 0 Å². The van der Waals surface area contributed by atoms with Crippen LogP contribution in [0.1, 0.15) is 49.7 Å². The lowest BCUT2D eigenvalue weighted by molar-refractivity contribution is -0.136. The molecule has 4 nitrogen and oxygen atoms in total. The minimum absolute atomic E-state index is 0.0274. The maximum Gasteiger partial charge on any atom is 0.303 e. The van der Waals surface area contributed by atoms with E-state index in [1.54, 1.807) is 0 Å². The van der Waals surface area contributed by atoms with Gasteiger partial charge in [-0.05, 0) is 83.8 Å².